The third-order valence-corrected chi connectivity index (χ3v) is 3.56. The van der Waals surface area contributed by atoms with Crippen LogP contribution in [0.4, 0.5) is 0 Å². The largest absolute Gasteiger partial charge is 0.505 e. The highest BCUT2D eigenvalue weighted by Gasteiger charge is 2.33. The highest BCUT2D eigenvalue weighted by Crippen LogP contribution is 2.43. The Bertz CT molecular complexity index is 917. The fourth-order valence-electron chi connectivity index (χ4n) is 2.54. The first-order chi connectivity index (χ1) is 10.9. The van der Waals surface area contributed by atoms with Crippen molar-refractivity contribution >= 4 is 11.0 Å². The molecule has 2 heterocycles. The zero-order valence-corrected chi connectivity index (χ0v) is 12.9. The summed E-state index contributed by atoms with van der Waals surface area (Å²) in [6.07, 6.45) is 0. The van der Waals surface area contributed by atoms with Gasteiger partial charge in [-0.3, -0.25) is 0 Å². The van der Waals surface area contributed by atoms with Crippen molar-refractivity contribution in [3.8, 4) is 28.7 Å². The van der Waals surface area contributed by atoms with Crippen molar-refractivity contribution in [1.29, 1.82) is 0 Å². The van der Waals surface area contributed by atoms with Gasteiger partial charge in [-0.05, 0) is 12.1 Å². The summed E-state index contributed by atoms with van der Waals surface area (Å²) < 4.78 is 16.5. The Kier molecular flexibility index (Phi) is 2.69. The van der Waals surface area contributed by atoms with Crippen LogP contribution < -0.4 is 14.2 Å². The van der Waals surface area contributed by atoms with E-state index in [0.717, 1.165) is 0 Å². The predicted molar refractivity (Wildman–Crippen MR) is 82.4 cm³/mol. The molecule has 0 saturated heterocycles. The Morgan fingerprint density at radius 2 is 1.74 bits per heavy atom. The van der Waals surface area contributed by atoms with E-state index in [9.17, 15) is 5.11 Å². The van der Waals surface area contributed by atoms with Crippen molar-refractivity contribution in [3.63, 3.8) is 0 Å². The van der Waals surface area contributed by atoms with Crippen molar-refractivity contribution in [2.24, 2.45) is 0 Å². The monoisotopic (exact) mass is 313 g/mol. The first-order valence-corrected chi connectivity index (χ1v) is 7.12. The number of fused-ring (bicyclic) bond motifs is 2. The van der Waals surface area contributed by atoms with Crippen LogP contribution in [0.15, 0.2) is 30.3 Å². The molecule has 3 aromatic rings. The van der Waals surface area contributed by atoms with Gasteiger partial charge in [0, 0.05) is 32.0 Å². The lowest BCUT2D eigenvalue weighted by Crippen LogP contribution is -2.29. The lowest BCUT2D eigenvalue weighted by atomic mass is 10.2. The van der Waals surface area contributed by atoms with E-state index in [1.165, 1.54) is 10.9 Å². The SMILES string of the molecule is COc1ccc2nn(-c3cc4c(cc3O)OC(C)(C)O4)nc2c1. The number of benzene rings is 2. The molecule has 1 aliphatic heterocycles. The second-order valence-corrected chi connectivity index (χ2v) is 5.74. The molecule has 0 saturated carbocycles. The Morgan fingerprint density at radius 3 is 2.48 bits per heavy atom. The van der Waals surface area contributed by atoms with Crippen molar-refractivity contribution in [1.82, 2.24) is 15.0 Å². The number of hydrogen-bond donors (Lipinski definition) is 1. The molecule has 0 radical (unpaired) electrons. The van der Waals surface area contributed by atoms with Gasteiger partial charge < -0.3 is 19.3 Å². The van der Waals surface area contributed by atoms with Crippen LogP contribution >= 0.6 is 0 Å². The second kappa shape index (κ2) is 4.52. The summed E-state index contributed by atoms with van der Waals surface area (Å²) in [5.41, 5.74) is 1.78. The highest BCUT2D eigenvalue weighted by atomic mass is 16.7. The number of methoxy groups -OCH3 is 1. The fourth-order valence-corrected chi connectivity index (χ4v) is 2.54. The molecule has 0 bridgehead atoms. The Hall–Kier alpha value is -2.96. The summed E-state index contributed by atoms with van der Waals surface area (Å²) in [4.78, 5) is 1.37. The normalized spacial score (nSPS) is 15.1. The minimum atomic E-state index is -0.761. The molecule has 0 atom stereocenters. The number of ether oxygens (including phenoxy) is 3. The van der Waals surface area contributed by atoms with Crippen molar-refractivity contribution < 1.29 is 19.3 Å². The van der Waals surface area contributed by atoms with Gasteiger partial charge in [0.05, 0.1) is 7.11 Å². The van der Waals surface area contributed by atoms with Gasteiger partial charge in [-0.25, -0.2) is 0 Å². The topological polar surface area (TPSA) is 78.6 Å². The average molecular weight is 313 g/mol. The minimum absolute atomic E-state index is 0.0114. The standard InChI is InChI=1S/C16H15N3O4/c1-16(2)22-14-7-12(13(20)8-15(14)23-16)19-17-10-5-4-9(21-3)6-11(10)18-19/h4-8,20H,1-3H3. The zero-order valence-electron chi connectivity index (χ0n) is 12.9. The molecule has 4 rings (SSSR count). The van der Waals surface area contributed by atoms with Crippen LogP contribution in [0.3, 0.4) is 0 Å². The molecule has 23 heavy (non-hydrogen) atoms. The van der Waals surface area contributed by atoms with Gasteiger partial charge in [-0.1, -0.05) is 0 Å². The Balaban J connectivity index is 1.82. The first-order valence-electron chi connectivity index (χ1n) is 7.12. The van der Waals surface area contributed by atoms with Gasteiger partial charge in [0.1, 0.15) is 28.2 Å². The van der Waals surface area contributed by atoms with Gasteiger partial charge in [0.25, 0.3) is 0 Å². The lowest BCUT2D eigenvalue weighted by molar-refractivity contribution is -0.0431. The molecule has 1 aromatic heterocycles. The summed E-state index contributed by atoms with van der Waals surface area (Å²) in [7, 11) is 1.59. The molecule has 0 unspecified atom stereocenters. The zero-order chi connectivity index (χ0) is 16.2. The highest BCUT2D eigenvalue weighted by molar-refractivity contribution is 5.76. The number of phenols is 1. The van der Waals surface area contributed by atoms with E-state index in [1.54, 1.807) is 33.1 Å². The van der Waals surface area contributed by atoms with Crippen molar-refractivity contribution in [2.45, 2.75) is 19.6 Å². The molecule has 2 aromatic carbocycles. The molecule has 1 aliphatic rings. The van der Waals surface area contributed by atoms with E-state index in [1.807, 2.05) is 12.1 Å². The summed E-state index contributed by atoms with van der Waals surface area (Å²) >= 11 is 0. The molecule has 7 heteroatoms. The van der Waals surface area contributed by atoms with Crippen LogP contribution in [-0.2, 0) is 0 Å². The smallest absolute Gasteiger partial charge is 0.246 e. The quantitative estimate of drug-likeness (QED) is 0.783. The third kappa shape index (κ3) is 2.21. The van der Waals surface area contributed by atoms with Crippen molar-refractivity contribution in [3.05, 3.63) is 30.3 Å². The first kappa shape index (κ1) is 13.7. The Labute approximate surface area is 132 Å². The summed E-state index contributed by atoms with van der Waals surface area (Å²) in [6, 6.07) is 8.57. The number of nitrogens with zero attached hydrogens (tertiary/aromatic N) is 3. The number of hydrogen-bond acceptors (Lipinski definition) is 6. The van der Waals surface area contributed by atoms with E-state index in [0.29, 0.717) is 34.0 Å². The van der Waals surface area contributed by atoms with Gasteiger partial charge in [0.2, 0.25) is 5.79 Å². The van der Waals surface area contributed by atoms with Gasteiger partial charge >= 0.3 is 0 Å². The fraction of sp³-hybridized carbons (Fsp3) is 0.250. The van der Waals surface area contributed by atoms with Gasteiger partial charge in [0.15, 0.2) is 11.5 Å². The Morgan fingerprint density at radius 1 is 1.04 bits per heavy atom. The molecule has 0 aliphatic carbocycles. The maximum absolute atomic E-state index is 10.3. The molecule has 7 nitrogen and oxygen atoms in total. The van der Waals surface area contributed by atoms with E-state index in [-0.39, 0.29) is 5.75 Å². The average Bonchev–Trinajstić information content (AvgIpc) is 3.03. The van der Waals surface area contributed by atoms with Crippen LogP contribution in [0, 0.1) is 0 Å². The molecular formula is C16H15N3O4. The van der Waals surface area contributed by atoms with E-state index in [2.05, 4.69) is 10.2 Å². The maximum atomic E-state index is 10.3. The second-order valence-electron chi connectivity index (χ2n) is 5.74. The van der Waals surface area contributed by atoms with Crippen LogP contribution in [0.1, 0.15) is 13.8 Å². The summed E-state index contributed by atoms with van der Waals surface area (Å²) in [5.74, 6) is 0.984. The van der Waals surface area contributed by atoms with E-state index in [4.69, 9.17) is 14.2 Å². The number of aromatic hydroxyl groups is 1. The van der Waals surface area contributed by atoms with Crippen LogP contribution in [-0.4, -0.2) is 33.0 Å². The summed E-state index contributed by atoms with van der Waals surface area (Å²) in [6.45, 7) is 3.60. The van der Waals surface area contributed by atoms with E-state index >= 15 is 0 Å². The van der Waals surface area contributed by atoms with Crippen LogP contribution in [0.5, 0.6) is 23.0 Å². The van der Waals surface area contributed by atoms with E-state index < -0.39 is 5.79 Å². The molecule has 0 spiro atoms. The predicted octanol–water partition coefficient (Wildman–Crippen LogP) is 2.64. The third-order valence-electron chi connectivity index (χ3n) is 3.56. The van der Waals surface area contributed by atoms with Gasteiger partial charge in [-0.2, -0.15) is 0 Å². The molecule has 118 valence electrons. The number of phenolic OH excluding ortho intramolecular Hbond substituents is 1. The molecular weight excluding hydrogens is 298 g/mol. The number of aromatic nitrogens is 3. The molecule has 0 amide bonds. The summed E-state index contributed by atoms with van der Waals surface area (Å²) in [5, 5.41) is 19.0. The number of rotatable bonds is 2. The molecule has 1 N–H and O–H groups in total. The molecule has 0 fully saturated rings. The van der Waals surface area contributed by atoms with Crippen molar-refractivity contribution in [2.75, 3.05) is 7.11 Å². The van der Waals surface area contributed by atoms with Gasteiger partial charge in [-0.15, -0.1) is 15.0 Å². The lowest BCUT2D eigenvalue weighted by Gasteiger charge is -2.16. The van der Waals surface area contributed by atoms with Crippen LogP contribution in [0.2, 0.25) is 0 Å². The maximum Gasteiger partial charge on any atom is 0.246 e. The van der Waals surface area contributed by atoms with Crippen LogP contribution in [0.25, 0.3) is 16.7 Å². The minimum Gasteiger partial charge on any atom is -0.505 e.